The molecule has 1 aliphatic heterocycles. The number of carbonyl (C=O) groups is 3. The van der Waals surface area contributed by atoms with Crippen molar-refractivity contribution in [1.29, 1.82) is 0 Å². The maximum Gasteiger partial charge on any atom is 0.300 e. The second kappa shape index (κ2) is 8.51. The maximum absolute atomic E-state index is 13.1. The molecule has 3 aromatic carbocycles. The Kier molecular flexibility index (Phi) is 5.60. The van der Waals surface area contributed by atoms with Crippen LogP contribution >= 0.6 is 0 Å². The van der Waals surface area contributed by atoms with Crippen LogP contribution in [0.15, 0.2) is 84.4 Å². The molecule has 1 aliphatic rings. The summed E-state index contributed by atoms with van der Waals surface area (Å²) in [5, 5.41) is 13.8. The molecule has 1 atom stereocenters. The number of ketones is 1. The van der Waals surface area contributed by atoms with Crippen LogP contribution in [0.3, 0.4) is 0 Å². The van der Waals surface area contributed by atoms with Gasteiger partial charge in [0, 0.05) is 23.9 Å². The van der Waals surface area contributed by atoms with Gasteiger partial charge in [0.15, 0.2) is 0 Å². The van der Waals surface area contributed by atoms with Gasteiger partial charge in [0.05, 0.1) is 11.6 Å². The van der Waals surface area contributed by atoms with E-state index in [0.717, 1.165) is 5.56 Å². The molecule has 0 spiro atoms. The zero-order valence-electron chi connectivity index (χ0n) is 17.7. The summed E-state index contributed by atoms with van der Waals surface area (Å²) in [6, 6.07) is 22.1. The van der Waals surface area contributed by atoms with Crippen LogP contribution in [0.25, 0.3) is 5.76 Å². The third-order valence-corrected chi connectivity index (χ3v) is 5.35. The third-order valence-electron chi connectivity index (χ3n) is 5.35. The first-order valence-corrected chi connectivity index (χ1v) is 10.2. The van der Waals surface area contributed by atoms with Crippen molar-refractivity contribution in [2.45, 2.75) is 19.9 Å². The van der Waals surface area contributed by atoms with Crippen molar-refractivity contribution < 1.29 is 19.5 Å². The Labute approximate surface area is 185 Å². The molecule has 6 heteroatoms. The zero-order chi connectivity index (χ0) is 22.8. The van der Waals surface area contributed by atoms with E-state index in [1.54, 1.807) is 36.4 Å². The topological polar surface area (TPSA) is 86.7 Å². The van der Waals surface area contributed by atoms with E-state index in [4.69, 9.17) is 0 Å². The van der Waals surface area contributed by atoms with Crippen molar-refractivity contribution in [3.63, 3.8) is 0 Å². The number of hydrogen-bond acceptors (Lipinski definition) is 4. The van der Waals surface area contributed by atoms with Gasteiger partial charge in [-0.05, 0) is 36.8 Å². The monoisotopic (exact) mass is 426 g/mol. The number of carbonyl (C=O) groups excluding carboxylic acids is 3. The summed E-state index contributed by atoms with van der Waals surface area (Å²) in [6.45, 7) is 3.34. The minimum atomic E-state index is -0.788. The summed E-state index contributed by atoms with van der Waals surface area (Å²) in [5.41, 5.74) is 3.28. The molecule has 1 saturated heterocycles. The summed E-state index contributed by atoms with van der Waals surface area (Å²) in [6.07, 6.45) is 0. The largest absolute Gasteiger partial charge is 0.507 e. The van der Waals surface area contributed by atoms with Crippen molar-refractivity contribution >= 4 is 34.7 Å². The Morgan fingerprint density at radius 1 is 0.906 bits per heavy atom. The van der Waals surface area contributed by atoms with Gasteiger partial charge in [0.2, 0.25) is 5.91 Å². The van der Waals surface area contributed by atoms with E-state index in [1.807, 2.05) is 49.4 Å². The molecule has 2 N–H and O–H groups in total. The molecule has 0 bridgehead atoms. The maximum atomic E-state index is 13.1. The standard InChI is InChI=1S/C26H22N2O4/c1-16-8-10-19(11-9-16)24(30)22-23(18-6-4-3-5-7-18)28(26(32)25(22)31)21-14-12-20(13-15-21)27-17(2)29/h3-15,23,30H,1-2H3,(H,27,29). The predicted molar refractivity (Wildman–Crippen MR) is 123 cm³/mol. The number of aliphatic hydroxyl groups excluding tert-OH is 1. The van der Waals surface area contributed by atoms with Crippen molar-refractivity contribution in [3.05, 3.63) is 101 Å². The summed E-state index contributed by atoms with van der Waals surface area (Å²) in [4.78, 5) is 38.9. The number of aliphatic hydroxyl groups is 1. The molecule has 4 rings (SSSR count). The van der Waals surface area contributed by atoms with Crippen LogP contribution < -0.4 is 10.2 Å². The SMILES string of the molecule is CC(=O)Nc1ccc(N2C(=O)C(=O)C(=C(O)c3ccc(C)cc3)C2c2ccccc2)cc1. The molecule has 0 aliphatic carbocycles. The number of anilines is 2. The number of rotatable bonds is 4. The minimum absolute atomic E-state index is 0.0380. The van der Waals surface area contributed by atoms with Crippen molar-refractivity contribution in [2.24, 2.45) is 0 Å². The molecule has 2 amide bonds. The highest BCUT2D eigenvalue weighted by molar-refractivity contribution is 6.51. The number of amides is 2. The number of aryl methyl sites for hydroxylation is 1. The van der Waals surface area contributed by atoms with E-state index in [-0.39, 0.29) is 17.2 Å². The van der Waals surface area contributed by atoms with Crippen LogP contribution in [0.4, 0.5) is 11.4 Å². The fourth-order valence-corrected chi connectivity index (χ4v) is 3.83. The van der Waals surface area contributed by atoms with Crippen LogP contribution in [0.5, 0.6) is 0 Å². The van der Waals surface area contributed by atoms with Gasteiger partial charge in [0.1, 0.15) is 5.76 Å². The van der Waals surface area contributed by atoms with Crippen LogP contribution in [0.2, 0.25) is 0 Å². The summed E-state index contributed by atoms with van der Waals surface area (Å²) in [5.74, 6) is -1.89. The fourth-order valence-electron chi connectivity index (χ4n) is 3.83. The summed E-state index contributed by atoms with van der Waals surface area (Å²) in [7, 11) is 0. The minimum Gasteiger partial charge on any atom is -0.507 e. The van der Waals surface area contributed by atoms with E-state index < -0.39 is 17.7 Å². The van der Waals surface area contributed by atoms with Crippen LogP contribution in [0, 0.1) is 6.92 Å². The van der Waals surface area contributed by atoms with Crippen LogP contribution in [-0.4, -0.2) is 22.7 Å². The average Bonchev–Trinajstić information content (AvgIpc) is 3.05. The van der Waals surface area contributed by atoms with Gasteiger partial charge in [-0.1, -0.05) is 60.2 Å². The Balaban J connectivity index is 1.85. The molecule has 6 nitrogen and oxygen atoms in total. The number of nitrogens with one attached hydrogen (secondary N) is 1. The van der Waals surface area contributed by atoms with E-state index in [1.165, 1.54) is 11.8 Å². The van der Waals surface area contributed by atoms with Gasteiger partial charge < -0.3 is 10.4 Å². The van der Waals surface area contributed by atoms with Gasteiger partial charge >= 0.3 is 0 Å². The highest BCUT2D eigenvalue weighted by atomic mass is 16.3. The third kappa shape index (κ3) is 3.90. The first kappa shape index (κ1) is 21.1. The number of nitrogens with zero attached hydrogens (tertiary/aromatic N) is 1. The fraction of sp³-hybridized carbons (Fsp3) is 0.115. The zero-order valence-corrected chi connectivity index (χ0v) is 17.7. The normalized spacial score (nSPS) is 17.4. The Morgan fingerprint density at radius 2 is 1.53 bits per heavy atom. The lowest BCUT2D eigenvalue weighted by Crippen LogP contribution is -2.29. The number of hydrogen-bond donors (Lipinski definition) is 2. The molecule has 32 heavy (non-hydrogen) atoms. The van der Waals surface area contributed by atoms with Crippen molar-refractivity contribution in [2.75, 3.05) is 10.2 Å². The van der Waals surface area contributed by atoms with E-state index in [9.17, 15) is 19.5 Å². The van der Waals surface area contributed by atoms with E-state index >= 15 is 0 Å². The lowest BCUT2D eigenvalue weighted by atomic mass is 9.95. The van der Waals surface area contributed by atoms with Crippen LogP contribution in [-0.2, 0) is 14.4 Å². The Bertz CT molecular complexity index is 1210. The molecule has 1 unspecified atom stereocenters. The predicted octanol–water partition coefficient (Wildman–Crippen LogP) is 4.58. The van der Waals surface area contributed by atoms with E-state index in [2.05, 4.69) is 5.32 Å². The summed E-state index contributed by atoms with van der Waals surface area (Å²) >= 11 is 0. The number of benzene rings is 3. The smallest absolute Gasteiger partial charge is 0.300 e. The van der Waals surface area contributed by atoms with Gasteiger partial charge in [-0.25, -0.2) is 0 Å². The second-order valence-corrected chi connectivity index (χ2v) is 7.67. The molecule has 1 heterocycles. The lowest BCUT2D eigenvalue weighted by Gasteiger charge is -2.25. The van der Waals surface area contributed by atoms with Crippen LogP contribution in [0.1, 0.15) is 29.7 Å². The van der Waals surface area contributed by atoms with Crippen molar-refractivity contribution in [1.82, 2.24) is 0 Å². The first-order chi connectivity index (χ1) is 15.4. The van der Waals surface area contributed by atoms with Crippen molar-refractivity contribution in [3.8, 4) is 0 Å². The molecule has 160 valence electrons. The van der Waals surface area contributed by atoms with Gasteiger partial charge in [0.25, 0.3) is 11.7 Å². The lowest BCUT2D eigenvalue weighted by molar-refractivity contribution is -0.132. The summed E-state index contributed by atoms with van der Waals surface area (Å²) < 4.78 is 0. The van der Waals surface area contributed by atoms with Gasteiger partial charge in [-0.15, -0.1) is 0 Å². The molecule has 0 radical (unpaired) electrons. The van der Waals surface area contributed by atoms with Gasteiger partial charge in [-0.2, -0.15) is 0 Å². The highest BCUT2D eigenvalue weighted by Gasteiger charge is 2.46. The second-order valence-electron chi connectivity index (χ2n) is 7.67. The quantitative estimate of drug-likeness (QED) is 0.363. The average molecular weight is 426 g/mol. The molecule has 0 aromatic heterocycles. The first-order valence-electron chi connectivity index (χ1n) is 10.2. The number of Topliss-reactive ketones (excluding diaryl/α,β-unsaturated/α-hetero) is 1. The molecule has 0 saturated carbocycles. The molecular formula is C26H22N2O4. The Hall–Kier alpha value is -4.19. The van der Waals surface area contributed by atoms with Gasteiger partial charge in [-0.3, -0.25) is 19.3 Å². The molecular weight excluding hydrogens is 404 g/mol. The Morgan fingerprint density at radius 3 is 2.12 bits per heavy atom. The highest BCUT2D eigenvalue weighted by Crippen LogP contribution is 2.42. The molecule has 1 fully saturated rings. The molecule has 3 aromatic rings. The van der Waals surface area contributed by atoms with E-state index in [0.29, 0.717) is 22.5 Å².